The molecule has 0 amide bonds. The molecule has 0 aliphatic rings. The molecule has 0 fully saturated rings. The fourth-order valence-electron chi connectivity index (χ4n) is 1.82. The van der Waals surface area contributed by atoms with Crippen LogP contribution in [-0.4, -0.2) is 0 Å². The van der Waals surface area contributed by atoms with Gasteiger partial charge in [-0.25, -0.2) is 8.78 Å². The normalized spacial score (nSPS) is 12.5. The Morgan fingerprint density at radius 2 is 1.67 bits per heavy atom. The van der Waals surface area contributed by atoms with Gasteiger partial charge in [0.05, 0.1) is 6.04 Å². The molecular weight excluding hydrogens is 300 g/mol. The molecule has 0 saturated heterocycles. The van der Waals surface area contributed by atoms with Crippen molar-refractivity contribution in [3.63, 3.8) is 0 Å². The van der Waals surface area contributed by atoms with E-state index in [0.29, 0.717) is 5.56 Å². The summed E-state index contributed by atoms with van der Waals surface area (Å²) < 4.78 is 27.2. The highest BCUT2D eigenvalue weighted by molar-refractivity contribution is 9.10. The molecule has 4 heteroatoms. The van der Waals surface area contributed by atoms with Gasteiger partial charge < -0.3 is 5.73 Å². The summed E-state index contributed by atoms with van der Waals surface area (Å²) in [5, 5.41) is 0. The second-order valence-electron chi connectivity index (χ2n) is 4.21. The van der Waals surface area contributed by atoms with Crippen LogP contribution in [0, 0.1) is 18.6 Å². The van der Waals surface area contributed by atoms with Gasteiger partial charge in [-0.05, 0) is 41.8 Å². The van der Waals surface area contributed by atoms with E-state index in [4.69, 9.17) is 5.73 Å². The molecule has 0 bridgehead atoms. The number of nitrogens with two attached hydrogens (primary N) is 1. The lowest BCUT2D eigenvalue weighted by Gasteiger charge is -2.15. The van der Waals surface area contributed by atoms with Crippen molar-refractivity contribution >= 4 is 15.9 Å². The summed E-state index contributed by atoms with van der Waals surface area (Å²) in [6, 6.07) is 8.46. The van der Waals surface area contributed by atoms with Gasteiger partial charge in [0, 0.05) is 10.5 Å². The van der Waals surface area contributed by atoms with Crippen LogP contribution in [0.3, 0.4) is 0 Å². The Bertz CT molecular complexity index is 564. The average Bonchev–Trinajstić information content (AvgIpc) is 2.26. The number of hydrogen-bond donors (Lipinski definition) is 1. The van der Waals surface area contributed by atoms with E-state index in [2.05, 4.69) is 15.9 Å². The van der Waals surface area contributed by atoms with Crippen LogP contribution in [0.15, 0.2) is 40.9 Å². The number of benzene rings is 2. The van der Waals surface area contributed by atoms with Crippen molar-refractivity contribution in [2.75, 3.05) is 0 Å². The molecule has 18 heavy (non-hydrogen) atoms. The number of hydrogen-bond acceptors (Lipinski definition) is 1. The lowest BCUT2D eigenvalue weighted by Crippen LogP contribution is -2.13. The second kappa shape index (κ2) is 5.16. The van der Waals surface area contributed by atoms with Gasteiger partial charge in [0.15, 0.2) is 0 Å². The fourth-order valence-corrected chi connectivity index (χ4v) is 2.56. The van der Waals surface area contributed by atoms with Crippen LogP contribution >= 0.6 is 15.9 Å². The molecule has 0 radical (unpaired) electrons. The van der Waals surface area contributed by atoms with Gasteiger partial charge in [-0.15, -0.1) is 0 Å². The van der Waals surface area contributed by atoms with E-state index in [-0.39, 0.29) is 0 Å². The molecule has 94 valence electrons. The van der Waals surface area contributed by atoms with Gasteiger partial charge >= 0.3 is 0 Å². The van der Waals surface area contributed by atoms with Gasteiger partial charge in [-0.2, -0.15) is 0 Å². The van der Waals surface area contributed by atoms with E-state index in [1.54, 1.807) is 0 Å². The number of halogens is 3. The SMILES string of the molecule is Cc1ccc(C(N)c2cc(F)cc(F)c2)c(Br)c1. The maximum absolute atomic E-state index is 13.2. The zero-order valence-corrected chi connectivity index (χ0v) is 11.3. The molecular formula is C14H12BrF2N. The first kappa shape index (κ1) is 13.2. The van der Waals surface area contributed by atoms with E-state index in [9.17, 15) is 8.78 Å². The van der Waals surface area contributed by atoms with Crippen molar-refractivity contribution in [2.24, 2.45) is 5.73 Å². The Labute approximate surface area is 113 Å². The maximum Gasteiger partial charge on any atom is 0.126 e. The van der Waals surface area contributed by atoms with Gasteiger partial charge in [0.1, 0.15) is 11.6 Å². The minimum absolute atomic E-state index is 0.414. The topological polar surface area (TPSA) is 26.0 Å². The highest BCUT2D eigenvalue weighted by Gasteiger charge is 2.14. The third kappa shape index (κ3) is 2.76. The van der Waals surface area contributed by atoms with E-state index in [1.165, 1.54) is 12.1 Å². The van der Waals surface area contributed by atoms with Gasteiger partial charge in [0.25, 0.3) is 0 Å². The van der Waals surface area contributed by atoms with Crippen LogP contribution in [0.2, 0.25) is 0 Å². The highest BCUT2D eigenvalue weighted by Crippen LogP contribution is 2.28. The minimum Gasteiger partial charge on any atom is -0.320 e. The molecule has 2 N–H and O–H groups in total. The summed E-state index contributed by atoms with van der Waals surface area (Å²) >= 11 is 3.41. The molecule has 0 aromatic heterocycles. The molecule has 0 saturated carbocycles. The van der Waals surface area contributed by atoms with Crippen LogP contribution in [0.25, 0.3) is 0 Å². The molecule has 0 spiro atoms. The third-order valence-corrected chi connectivity index (χ3v) is 3.42. The lowest BCUT2D eigenvalue weighted by atomic mass is 9.98. The van der Waals surface area contributed by atoms with Crippen molar-refractivity contribution < 1.29 is 8.78 Å². The van der Waals surface area contributed by atoms with Crippen LogP contribution in [-0.2, 0) is 0 Å². The summed E-state index contributed by atoms with van der Waals surface area (Å²) in [4.78, 5) is 0. The van der Waals surface area contributed by atoms with Crippen LogP contribution in [0.4, 0.5) is 8.78 Å². The predicted octanol–water partition coefficient (Wildman–Crippen LogP) is 4.08. The van der Waals surface area contributed by atoms with E-state index in [1.807, 2.05) is 25.1 Å². The summed E-state index contributed by atoms with van der Waals surface area (Å²) in [5.41, 5.74) is 8.34. The van der Waals surface area contributed by atoms with Crippen molar-refractivity contribution in [1.29, 1.82) is 0 Å². The summed E-state index contributed by atoms with van der Waals surface area (Å²) in [5.74, 6) is -1.24. The van der Waals surface area contributed by atoms with Crippen LogP contribution < -0.4 is 5.73 Å². The largest absolute Gasteiger partial charge is 0.320 e. The lowest BCUT2D eigenvalue weighted by molar-refractivity contribution is 0.577. The summed E-state index contributed by atoms with van der Waals surface area (Å²) in [6.07, 6.45) is 0. The van der Waals surface area contributed by atoms with E-state index in [0.717, 1.165) is 21.7 Å². The van der Waals surface area contributed by atoms with E-state index >= 15 is 0 Å². The molecule has 0 aliphatic carbocycles. The molecule has 1 nitrogen and oxygen atoms in total. The Morgan fingerprint density at radius 1 is 1.06 bits per heavy atom. The Hall–Kier alpha value is -1.26. The van der Waals surface area contributed by atoms with Crippen molar-refractivity contribution in [3.8, 4) is 0 Å². The molecule has 0 heterocycles. The Kier molecular flexibility index (Phi) is 3.78. The molecule has 2 aromatic rings. The monoisotopic (exact) mass is 311 g/mol. The van der Waals surface area contributed by atoms with Gasteiger partial charge in [-0.1, -0.05) is 28.1 Å². The Balaban J connectivity index is 2.44. The van der Waals surface area contributed by atoms with E-state index < -0.39 is 17.7 Å². The predicted molar refractivity (Wildman–Crippen MR) is 71.3 cm³/mol. The Morgan fingerprint density at radius 3 is 2.22 bits per heavy atom. The number of rotatable bonds is 2. The second-order valence-corrected chi connectivity index (χ2v) is 5.06. The smallest absolute Gasteiger partial charge is 0.126 e. The van der Waals surface area contributed by atoms with Gasteiger partial charge in [0.2, 0.25) is 0 Å². The highest BCUT2D eigenvalue weighted by atomic mass is 79.9. The zero-order chi connectivity index (χ0) is 13.3. The molecule has 1 unspecified atom stereocenters. The molecule has 2 aromatic carbocycles. The molecule has 1 atom stereocenters. The van der Waals surface area contributed by atoms with Crippen LogP contribution in [0.1, 0.15) is 22.7 Å². The first-order valence-electron chi connectivity index (χ1n) is 5.45. The summed E-state index contributed by atoms with van der Waals surface area (Å²) in [6.45, 7) is 1.96. The first-order valence-corrected chi connectivity index (χ1v) is 6.24. The standard InChI is InChI=1S/C14H12BrF2N/c1-8-2-3-12(13(15)4-8)14(18)9-5-10(16)7-11(17)6-9/h2-7,14H,18H2,1H3. The molecule has 2 rings (SSSR count). The first-order chi connectivity index (χ1) is 8.47. The van der Waals surface area contributed by atoms with Crippen LogP contribution in [0.5, 0.6) is 0 Å². The fraction of sp³-hybridized carbons (Fsp3) is 0.143. The zero-order valence-electron chi connectivity index (χ0n) is 9.75. The van der Waals surface area contributed by atoms with Crippen molar-refractivity contribution in [2.45, 2.75) is 13.0 Å². The third-order valence-electron chi connectivity index (χ3n) is 2.74. The van der Waals surface area contributed by atoms with Crippen molar-refractivity contribution in [1.82, 2.24) is 0 Å². The molecule has 0 aliphatic heterocycles. The minimum atomic E-state index is -0.622. The van der Waals surface area contributed by atoms with Gasteiger partial charge in [-0.3, -0.25) is 0 Å². The summed E-state index contributed by atoms with van der Waals surface area (Å²) in [7, 11) is 0. The maximum atomic E-state index is 13.2. The van der Waals surface area contributed by atoms with Crippen molar-refractivity contribution in [3.05, 3.63) is 69.2 Å². The quantitative estimate of drug-likeness (QED) is 0.888. The average molecular weight is 312 g/mol. The number of aryl methyl sites for hydroxylation is 1.